The Morgan fingerprint density at radius 2 is 1.73 bits per heavy atom. The second-order valence-electron chi connectivity index (χ2n) is 8.35. The second-order valence-corrected chi connectivity index (χ2v) is 8.35. The highest BCUT2D eigenvalue weighted by Crippen LogP contribution is 2.43. The van der Waals surface area contributed by atoms with Crippen LogP contribution in [0.25, 0.3) is 16.7 Å². The van der Waals surface area contributed by atoms with Gasteiger partial charge in [0.15, 0.2) is 5.76 Å². The first kappa shape index (κ1) is 22.9. The fraction of sp³-hybridized carbons (Fsp3) is 0.360. The van der Waals surface area contributed by atoms with Crippen molar-refractivity contribution >= 4 is 17.6 Å². The number of rotatable bonds is 4. The summed E-state index contributed by atoms with van der Waals surface area (Å²) < 4.78 is 23.9. The summed E-state index contributed by atoms with van der Waals surface area (Å²) in [5.74, 6) is -0.348. The molecule has 8 heteroatoms. The lowest BCUT2D eigenvalue weighted by atomic mass is 9.84. The number of nitrogens with one attached hydrogen (secondary N) is 1. The third kappa shape index (κ3) is 4.12. The lowest BCUT2D eigenvalue weighted by Gasteiger charge is -2.38. The molecule has 2 heterocycles. The molecule has 0 saturated carbocycles. The number of methoxy groups -OCH3 is 1. The van der Waals surface area contributed by atoms with Gasteiger partial charge in [-0.05, 0) is 66.6 Å². The van der Waals surface area contributed by atoms with Gasteiger partial charge in [0.25, 0.3) is 5.91 Å². The molecule has 7 nitrogen and oxygen atoms in total. The van der Waals surface area contributed by atoms with Crippen LogP contribution >= 0.6 is 0 Å². The topological polar surface area (TPSA) is 77.1 Å². The third-order valence-corrected chi connectivity index (χ3v) is 6.51. The fourth-order valence-corrected chi connectivity index (χ4v) is 4.76. The first-order valence-corrected chi connectivity index (χ1v) is 10.8. The van der Waals surface area contributed by atoms with Crippen molar-refractivity contribution in [1.82, 2.24) is 10.4 Å². The number of hydroxylamine groups is 2. The van der Waals surface area contributed by atoms with Crippen molar-refractivity contribution in [1.29, 1.82) is 0 Å². The second kappa shape index (κ2) is 8.96. The number of carbonyl (C=O) groups is 2. The Kier molecular flexibility index (Phi) is 6.23. The molecule has 1 N–H and O–H groups in total. The lowest BCUT2D eigenvalue weighted by molar-refractivity contribution is -0.152. The van der Waals surface area contributed by atoms with E-state index in [0.29, 0.717) is 37.1 Å². The lowest BCUT2D eigenvalue weighted by Crippen LogP contribution is -2.53. The minimum atomic E-state index is -0.877. The van der Waals surface area contributed by atoms with Gasteiger partial charge in [0.2, 0.25) is 0 Å². The van der Waals surface area contributed by atoms with Crippen molar-refractivity contribution in [3.8, 4) is 11.1 Å². The average Bonchev–Trinajstić information content (AvgIpc) is 3.06. The number of ether oxygens (including phenoxy) is 2. The van der Waals surface area contributed by atoms with E-state index >= 15 is 0 Å². The predicted molar refractivity (Wildman–Crippen MR) is 120 cm³/mol. The van der Waals surface area contributed by atoms with E-state index in [2.05, 4.69) is 5.32 Å². The molecule has 1 saturated heterocycles. The number of piperidine rings is 1. The summed E-state index contributed by atoms with van der Waals surface area (Å²) in [4.78, 5) is 30.9. The zero-order chi connectivity index (χ0) is 23.8. The van der Waals surface area contributed by atoms with Crippen LogP contribution in [0.15, 0.2) is 42.2 Å². The SMILES string of the molecule is COC(=O)OC1=C(c2c(C)ccc(-c3ccc(F)cc3)c2C)C(=O)NC12CCN(OC)CC2. The summed E-state index contributed by atoms with van der Waals surface area (Å²) in [6.07, 6.45) is 0.147. The molecule has 33 heavy (non-hydrogen) atoms. The van der Waals surface area contributed by atoms with Crippen molar-refractivity contribution < 1.29 is 28.3 Å². The van der Waals surface area contributed by atoms with E-state index in [0.717, 1.165) is 22.3 Å². The van der Waals surface area contributed by atoms with Crippen molar-refractivity contribution in [2.45, 2.75) is 32.2 Å². The summed E-state index contributed by atoms with van der Waals surface area (Å²) >= 11 is 0. The number of aryl methyl sites for hydroxylation is 1. The Morgan fingerprint density at radius 3 is 2.33 bits per heavy atom. The standard InChI is InChI=1S/C25H27FN2O5/c1-15-5-10-19(17-6-8-18(26)9-7-17)16(2)20(15)21-22(33-24(30)31-3)25(27-23(21)29)11-13-28(32-4)14-12-25/h5-10H,11-14H2,1-4H3,(H,27,29). The van der Waals surface area contributed by atoms with E-state index in [-0.39, 0.29) is 17.5 Å². The van der Waals surface area contributed by atoms with Gasteiger partial charge >= 0.3 is 6.16 Å². The van der Waals surface area contributed by atoms with Gasteiger partial charge in [0.05, 0.1) is 19.8 Å². The largest absolute Gasteiger partial charge is 0.513 e. The number of carbonyl (C=O) groups excluding carboxylic acids is 2. The Morgan fingerprint density at radius 1 is 1.06 bits per heavy atom. The van der Waals surface area contributed by atoms with Gasteiger partial charge in [-0.1, -0.05) is 24.3 Å². The molecule has 2 aliphatic rings. The molecule has 2 aromatic carbocycles. The highest BCUT2D eigenvalue weighted by molar-refractivity contribution is 6.24. The maximum atomic E-state index is 13.5. The maximum Gasteiger partial charge on any atom is 0.513 e. The normalized spacial score (nSPS) is 17.9. The molecule has 1 spiro atoms. The third-order valence-electron chi connectivity index (χ3n) is 6.51. The maximum absolute atomic E-state index is 13.5. The molecule has 174 valence electrons. The zero-order valence-corrected chi connectivity index (χ0v) is 19.2. The Hall–Kier alpha value is -3.23. The van der Waals surface area contributed by atoms with Crippen LogP contribution in [0.5, 0.6) is 0 Å². The highest BCUT2D eigenvalue weighted by atomic mass is 19.1. The van der Waals surface area contributed by atoms with Crippen molar-refractivity contribution in [2.75, 3.05) is 27.3 Å². The van der Waals surface area contributed by atoms with Crippen molar-refractivity contribution in [2.24, 2.45) is 0 Å². The van der Waals surface area contributed by atoms with E-state index in [1.54, 1.807) is 24.3 Å². The van der Waals surface area contributed by atoms with E-state index in [1.165, 1.54) is 19.2 Å². The number of hydrogen-bond donors (Lipinski definition) is 1. The van der Waals surface area contributed by atoms with E-state index < -0.39 is 11.7 Å². The van der Waals surface area contributed by atoms with Crippen LogP contribution in [0, 0.1) is 19.7 Å². The van der Waals surface area contributed by atoms with Gasteiger partial charge in [0, 0.05) is 13.1 Å². The van der Waals surface area contributed by atoms with E-state index in [1.807, 2.05) is 26.0 Å². The van der Waals surface area contributed by atoms with Gasteiger partial charge in [-0.3, -0.25) is 4.79 Å². The summed E-state index contributed by atoms with van der Waals surface area (Å²) in [6, 6.07) is 10.1. The van der Waals surface area contributed by atoms with Crippen LogP contribution < -0.4 is 5.32 Å². The molecular formula is C25H27FN2O5. The van der Waals surface area contributed by atoms with E-state index in [9.17, 15) is 14.0 Å². The average molecular weight is 454 g/mol. The molecule has 0 aromatic heterocycles. The summed E-state index contributed by atoms with van der Waals surface area (Å²) in [5.41, 5.74) is 3.58. The molecule has 1 fully saturated rings. The van der Waals surface area contributed by atoms with Gasteiger partial charge < -0.3 is 19.6 Å². The molecule has 0 aliphatic carbocycles. The zero-order valence-electron chi connectivity index (χ0n) is 19.2. The first-order valence-electron chi connectivity index (χ1n) is 10.8. The Labute approximate surface area is 192 Å². The minimum absolute atomic E-state index is 0.276. The van der Waals surface area contributed by atoms with Gasteiger partial charge in [-0.15, -0.1) is 0 Å². The quantitative estimate of drug-likeness (QED) is 0.700. The Balaban J connectivity index is 1.88. The van der Waals surface area contributed by atoms with Gasteiger partial charge in [0.1, 0.15) is 11.4 Å². The van der Waals surface area contributed by atoms with Crippen LogP contribution in [0.4, 0.5) is 9.18 Å². The number of halogens is 1. The van der Waals surface area contributed by atoms with Gasteiger partial charge in [-0.2, -0.15) is 5.06 Å². The number of amides is 1. The molecule has 1 amide bonds. The number of nitrogens with zero attached hydrogens (tertiary/aromatic N) is 1. The summed E-state index contributed by atoms with van der Waals surface area (Å²) in [5, 5.41) is 4.89. The summed E-state index contributed by atoms with van der Waals surface area (Å²) in [6.45, 7) is 4.94. The molecule has 2 aromatic rings. The smallest absolute Gasteiger partial charge is 0.437 e. The van der Waals surface area contributed by atoms with Gasteiger partial charge in [-0.25, -0.2) is 9.18 Å². The molecule has 0 atom stereocenters. The highest BCUT2D eigenvalue weighted by Gasteiger charge is 2.50. The molecular weight excluding hydrogens is 427 g/mol. The molecule has 0 bridgehead atoms. The molecule has 4 rings (SSSR count). The van der Waals surface area contributed by atoms with E-state index in [4.69, 9.17) is 14.3 Å². The molecule has 0 unspecified atom stereocenters. The van der Waals surface area contributed by atoms with Crippen LogP contribution in [0.1, 0.15) is 29.5 Å². The number of hydrogen-bond acceptors (Lipinski definition) is 6. The van der Waals surface area contributed by atoms with Crippen molar-refractivity contribution in [3.05, 3.63) is 64.7 Å². The predicted octanol–water partition coefficient (Wildman–Crippen LogP) is 4.13. The summed E-state index contributed by atoms with van der Waals surface area (Å²) in [7, 11) is 2.84. The minimum Gasteiger partial charge on any atom is -0.437 e. The monoisotopic (exact) mass is 454 g/mol. The Bertz CT molecular complexity index is 1120. The van der Waals surface area contributed by atoms with Crippen LogP contribution in [0.2, 0.25) is 0 Å². The van der Waals surface area contributed by atoms with Crippen LogP contribution in [0.3, 0.4) is 0 Å². The number of benzene rings is 2. The van der Waals surface area contributed by atoms with Crippen molar-refractivity contribution in [3.63, 3.8) is 0 Å². The van der Waals surface area contributed by atoms with Crippen LogP contribution in [-0.2, 0) is 19.1 Å². The molecule has 0 radical (unpaired) electrons. The van der Waals surface area contributed by atoms with Crippen LogP contribution in [-0.4, -0.2) is 50.0 Å². The fourth-order valence-electron chi connectivity index (χ4n) is 4.76. The molecule has 2 aliphatic heterocycles. The first-order chi connectivity index (χ1) is 15.8.